The molecule has 0 saturated carbocycles. The van der Waals surface area contributed by atoms with Crippen molar-refractivity contribution in [3.8, 4) is 0 Å². The van der Waals surface area contributed by atoms with E-state index in [-0.39, 0.29) is 0 Å². The Kier molecular flexibility index (Phi) is 5.59. The first-order chi connectivity index (χ1) is 11.9. The zero-order valence-electron chi connectivity index (χ0n) is 15.1. The highest BCUT2D eigenvalue weighted by atomic mass is 32.2. The van der Waals surface area contributed by atoms with E-state index in [0.29, 0.717) is 10.9 Å². The van der Waals surface area contributed by atoms with E-state index in [0.717, 1.165) is 31.8 Å². The van der Waals surface area contributed by atoms with Crippen molar-refractivity contribution in [1.29, 1.82) is 0 Å². The average molecular weight is 362 g/mol. The van der Waals surface area contributed by atoms with Gasteiger partial charge in [0.25, 0.3) is 0 Å². The summed E-state index contributed by atoms with van der Waals surface area (Å²) in [4.78, 5) is 7.36. The van der Waals surface area contributed by atoms with Crippen molar-refractivity contribution in [1.82, 2.24) is 14.5 Å². The fourth-order valence-corrected chi connectivity index (χ4v) is 4.24. The molecule has 1 saturated heterocycles. The first-order valence-electron chi connectivity index (χ1n) is 8.93. The van der Waals surface area contributed by atoms with Crippen LogP contribution < -0.4 is 0 Å². The molecule has 1 aromatic heterocycles. The van der Waals surface area contributed by atoms with Gasteiger partial charge in [0.1, 0.15) is 5.82 Å². The molecule has 6 heteroatoms. The van der Waals surface area contributed by atoms with Crippen molar-refractivity contribution < 1.29 is 8.42 Å². The second-order valence-electron chi connectivity index (χ2n) is 7.03. The van der Waals surface area contributed by atoms with Crippen molar-refractivity contribution in [3.05, 3.63) is 48.0 Å². The van der Waals surface area contributed by atoms with Crippen LogP contribution in [0.3, 0.4) is 0 Å². The molecule has 1 fully saturated rings. The molecule has 136 valence electrons. The smallest absolute Gasteiger partial charge is 0.175 e. The molecule has 1 atom stereocenters. The van der Waals surface area contributed by atoms with E-state index in [4.69, 9.17) is 0 Å². The minimum Gasteiger partial charge on any atom is -0.338 e. The third-order valence-electron chi connectivity index (χ3n) is 5.11. The van der Waals surface area contributed by atoms with E-state index in [1.165, 1.54) is 31.1 Å². The van der Waals surface area contributed by atoms with Crippen LogP contribution in [0.5, 0.6) is 0 Å². The van der Waals surface area contributed by atoms with E-state index in [1.807, 2.05) is 31.6 Å². The van der Waals surface area contributed by atoms with Gasteiger partial charge in [0.2, 0.25) is 0 Å². The monoisotopic (exact) mass is 361 g/mol. The number of hydrogen-bond donors (Lipinski definition) is 0. The van der Waals surface area contributed by atoms with Crippen LogP contribution in [0, 0.1) is 0 Å². The molecule has 2 heterocycles. The van der Waals surface area contributed by atoms with Gasteiger partial charge in [-0.2, -0.15) is 0 Å². The highest BCUT2D eigenvalue weighted by Crippen LogP contribution is 2.23. The van der Waals surface area contributed by atoms with E-state index in [1.54, 1.807) is 12.1 Å². The summed E-state index contributed by atoms with van der Waals surface area (Å²) in [6, 6.07) is 7.90. The third-order valence-corrected chi connectivity index (χ3v) is 6.24. The Morgan fingerprint density at radius 1 is 1.20 bits per heavy atom. The number of aromatic nitrogens is 2. The quantitative estimate of drug-likeness (QED) is 0.794. The van der Waals surface area contributed by atoms with Gasteiger partial charge in [-0.25, -0.2) is 13.4 Å². The van der Waals surface area contributed by atoms with Crippen LogP contribution in [0.15, 0.2) is 41.6 Å². The minimum absolute atomic E-state index is 0.390. The summed E-state index contributed by atoms with van der Waals surface area (Å²) in [6.45, 7) is 1.99. The molecular formula is C19H27N3O2S. The van der Waals surface area contributed by atoms with Gasteiger partial charge in [-0.15, -0.1) is 0 Å². The molecule has 3 rings (SSSR count). The van der Waals surface area contributed by atoms with Gasteiger partial charge in [0.15, 0.2) is 9.84 Å². The molecule has 1 aliphatic heterocycles. The Labute approximate surface area is 150 Å². The normalized spacial score (nSPS) is 19.2. The van der Waals surface area contributed by atoms with Crippen molar-refractivity contribution in [2.24, 2.45) is 7.05 Å². The van der Waals surface area contributed by atoms with Crippen molar-refractivity contribution >= 4 is 9.84 Å². The summed E-state index contributed by atoms with van der Waals surface area (Å²) in [5.41, 5.74) is 1.18. The first-order valence-corrected chi connectivity index (χ1v) is 10.8. The molecule has 0 aliphatic carbocycles. The van der Waals surface area contributed by atoms with Crippen LogP contribution in [0.2, 0.25) is 0 Å². The van der Waals surface area contributed by atoms with Crippen molar-refractivity contribution in [3.63, 3.8) is 0 Å². The van der Waals surface area contributed by atoms with Crippen LogP contribution >= 0.6 is 0 Å². The van der Waals surface area contributed by atoms with Gasteiger partial charge in [-0.1, -0.05) is 18.6 Å². The highest BCUT2D eigenvalue weighted by Gasteiger charge is 2.22. The van der Waals surface area contributed by atoms with Gasteiger partial charge < -0.3 is 4.57 Å². The zero-order valence-corrected chi connectivity index (χ0v) is 15.9. The Morgan fingerprint density at radius 3 is 2.60 bits per heavy atom. The number of nitrogens with zero attached hydrogens (tertiary/aromatic N) is 3. The number of hydrogen-bond acceptors (Lipinski definition) is 4. The summed E-state index contributed by atoms with van der Waals surface area (Å²) in [7, 11) is -1.08. The maximum absolute atomic E-state index is 11.6. The number of sulfone groups is 1. The van der Waals surface area contributed by atoms with E-state index < -0.39 is 9.84 Å². The second kappa shape index (κ2) is 7.70. The molecular weight excluding hydrogens is 334 g/mol. The SMILES string of the molecule is Cn1ccnc1CC[C@H]1CCCCN1Cc1ccc(S(C)(=O)=O)cc1. The highest BCUT2D eigenvalue weighted by molar-refractivity contribution is 7.90. The average Bonchev–Trinajstić information content (AvgIpc) is 2.99. The molecule has 0 radical (unpaired) electrons. The number of imidazole rings is 1. The lowest BCUT2D eigenvalue weighted by Crippen LogP contribution is -2.39. The molecule has 1 aromatic carbocycles. The predicted octanol–water partition coefficient (Wildman–Crippen LogP) is 2.81. The van der Waals surface area contributed by atoms with Gasteiger partial charge in [0.05, 0.1) is 4.90 Å². The Hall–Kier alpha value is -1.66. The maximum Gasteiger partial charge on any atom is 0.175 e. The molecule has 0 bridgehead atoms. The molecule has 1 aliphatic rings. The largest absolute Gasteiger partial charge is 0.338 e. The van der Waals surface area contributed by atoms with Crippen LogP contribution in [-0.2, 0) is 29.9 Å². The number of benzene rings is 1. The Balaban J connectivity index is 1.63. The lowest BCUT2D eigenvalue weighted by atomic mass is 9.97. The summed E-state index contributed by atoms with van der Waals surface area (Å²) >= 11 is 0. The molecule has 25 heavy (non-hydrogen) atoms. The summed E-state index contributed by atoms with van der Waals surface area (Å²) in [5.74, 6) is 1.14. The maximum atomic E-state index is 11.6. The van der Waals surface area contributed by atoms with Gasteiger partial charge >= 0.3 is 0 Å². The number of likely N-dealkylation sites (tertiary alicyclic amines) is 1. The summed E-state index contributed by atoms with van der Waals surface area (Å²) < 4.78 is 25.3. The fraction of sp³-hybridized carbons (Fsp3) is 0.526. The minimum atomic E-state index is -3.12. The van der Waals surface area contributed by atoms with Gasteiger partial charge in [0, 0.05) is 44.7 Å². The van der Waals surface area contributed by atoms with Crippen LogP contribution in [0.1, 0.15) is 37.1 Å². The lowest BCUT2D eigenvalue weighted by Gasteiger charge is -2.36. The molecule has 0 spiro atoms. The van der Waals surface area contributed by atoms with Crippen molar-refractivity contribution in [2.75, 3.05) is 12.8 Å². The van der Waals surface area contributed by atoms with Crippen molar-refractivity contribution in [2.45, 2.75) is 49.6 Å². The third kappa shape index (κ3) is 4.70. The van der Waals surface area contributed by atoms with Gasteiger partial charge in [-0.3, -0.25) is 4.90 Å². The van der Waals surface area contributed by atoms with Crippen LogP contribution in [0.4, 0.5) is 0 Å². The molecule has 0 unspecified atom stereocenters. The predicted molar refractivity (Wildman–Crippen MR) is 99.1 cm³/mol. The van der Waals surface area contributed by atoms with E-state index in [2.05, 4.69) is 14.5 Å². The summed E-state index contributed by atoms with van der Waals surface area (Å²) in [6.07, 6.45) is 11.0. The van der Waals surface area contributed by atoms with Gasteiger partial charge in [-0.05, 0) is 43.5 Å². The molecule has 2 aromatic rings. The zero-order chi connectivity index (χ0) is 17.9. The molecule has 0 N–H and O–H groups in total. The Bertz CT molecular complexity index is 796. The van der Waals surface area contributed by atoms with E-state index >= 15 is 0 Å². The van der Waals surface area contributed by atoms with E-state index in [9.17, 15) is 8.42 Å². The summed E-state index contributed by atoms with van der Waals surface area (Å²) in [5, 5.41) is 0. The lowest BCUT2D eigenvalue weighted by molar-refractivity contribution is 0.132. The second-order valence-corrected chi connectivity index (χ2v) is 9.04. The Morgan fingerprint density at radius 2 is 1.96 bits per heavy atom. The molecule has 0 amide bonds. The standard InChI is InChI=1S/C19H27N3O2S/c1-21-14-12-20-19(21)11-8-17-5-3-4-13-22(17)15-16-6-9-18(10-7-16)25(2,23)24/h6-7,9-10,12,14,17H,3-5,8,11,13,15H2,1-2H3/t17-/m1/s1. The number of rotatable bonds is 6. The van der Waals surface area contributed by atoms with Crippen LogP contribution in [-0.4, -0.2) is 41.7 Å². The van der Waals surface area contributed by atoms with Crippen LogP contribution in [0.25, 0.3) is 0 Å². The first kappa shape index (κ1) is 18.1. The topological polar surface area (TPSA) is 55.2 Å². The number of piperidine rings is 1. The molecule has 5 nitrogen and oxygen atoms in total. The number of aryl methyl sites for hydroxylation is 2. The fourth-order valence-electron chi connectivity index (χ4n) is 3.60.